The molecule has 3 rings (SSSR count). The molecule has 0 bridgehead atoms. The molecule has 156 valence electrons. The molecule has 1 saturated heterocycles. The minimum absolute atomic E-state index is 0.278. The molecule has 0 aliphatic carbocycles. The molecule has 0 saturated carbocycles. The summed E-state index contributed by atoms with van der Waals surface area (Å²) in [5, 5.41) is 2.88. The van der Waals surface area contributed by atoms with Crippen molar-refractivity contribution in [3.63, 3.8) is 0 Å². The third-order valence-electron chi connectivity index (χ3n) is 5.32. The monoisotopic (exact) mass is 416 g/mol. The fourth-order valence-corrected chi connectivity index (χ4v) is 6.20. The molecule has 2 aromatic carbocycles. The second-order valence-corrected chi connectivity index (χ2v) is 9.36. The second-order valence-electron chi connectivity index (χ2n) is 7.53. The third kappa shape index (κ3) is 4.31. The Hall–Kier alpha value is -2.38. The van der Waals surface area contributed by atoms with Gasteiger partial charge in [0.25, 0.3) is 0 Å². The predicted molar refractivity (Wildman–Crippen MR) is 112 cm³/mol. The van der Waals surface area contributed by atoms with Gasteiger partial charge in [0, 0.05) is 18.7 Å². The number of nitrogens with zero attached hydrogens (tertiary/aromatic N) is 1. The van der Waals surface area contributed by atoms with E-state index in [1.54, 1.807) is 21.0 Å². The fourth-order valence-electron chi connectivity index (χ4n) is 4.13. The first-order chi connectivity index (χ1) is 13.8. The number of para-hydroxylation sites is 1. The summed E-state index contributed by atoms with van der Waals surface area (Å²) in [6.45, 7) is 6.19. The number of aryl methyl sites for hydroxylation is 3. The molecule has 0 radical (unpaired) electrons. The Morgan fingerprint density at radius 1 is 1.17 bits per heavy atom. The number of carbonyl (C=O) groups excluding carboxylic acids is 1. The molecule has 1 heterocycles. The summed E-state index contributed by atoms with van der Waals surface area (Å²) in [5.41, 5.74) is 3.29. The number of ether oxygens (including phenoxy) is 1. The first-order valence-electron chi connectivity index (χ1n) is 9.75. The average molecular weight is 417 g/mol. The first kappa shape index (κ1) is 21.3. The maximum atomic E-state index is 13.4. The zero-order chi connectivity index (χ0) is 21.2. The highest BCUT2D eigenvalue weighted by Gasteiger charge is 2.40. The average Bonchev–Trinajstić information content (AvgIpc) is 3.16. The van der Waals surface area contributed by atoms with Crippen molar-refractivity contribution in [1.82, 2.24) is 9.62 Å². The van der Waals surface area contributed by atoms with E-state index in [1.807, 2.05) is 43.3 Å². The van der Waals surface area contributed by atoms with Crippen LogP contribution in [0.1, 0.15) is 35.1 Å². The van der Waals surface area contributed by atoms with Crippen LogP contribution in [0.2, 0.25) is 0 Å². The summed E-state index contributed by atoms with van der Waals surface area (Å²) in [4.78, 5) is 13.2. The van der Waals surface area contributed by atoms with Crippen molar-refractivity contribution in [2.24, 2.45) is 0 Å². The molecule has 1 atom stereocenters. The number of hydrogen-bond donors (Lipinski definition) is 1. The summed E-state index contributed by atoms with van der Waals surface area (Å²) < 4.78 is 33.5. The maximum Gasteiger partial charge on any atom is 0.244 e. The van der Waals surface area contributed by atoms with E-state index in [0.29, 0.717) is 41.2 Å². The summed E-state index contributed by atoms with van der Waals surface area (Å²) in [6.07, 6.45) is 1.18. The SMILES string of the molecule is COc1ccccc1CNC(=O)C1CCCN1S(=O)(=O)c1c(C)cc(C)cc1C. The van der Waals surface area contributed by atoms with Crippen LogP contribution in [-0.2, 0) is 21.4 Å². The van der Waals surface area contributed by atoms with Crippen molar-refractivity contribution in [1.29, 1.82) is 0 Å². The van der Waals surface area contributed by atoms with Crippen LogP contribution in [-0.4, -0.2) is 38.3 Å². The highest BCUT2D eigenvalue weighted by atomic mass is 32.2. The van der Waals surface area contributed by atoms with Gasteiger partial charge in [-0.15, -0.1) is 0 Å². The smallest absolute Gasteiger partial charge is 0.244 e. The Bertz CT molecular complexity index is 994. The number of hydrogen-bond acceptors (Lipinski definition) is 4. The third-order valence-corrected chi connectivity index (χ3v) is 7.54. The lowest BCUT2D eigenvalue weighted by Gasteiger charge is -2.25. The number of rotatable bonds is 6. The van der Waals surface area contributed by atoms with Crippen molar-refractivity contribution < 1.29 is 17.9 Å². The zero-order valence-electron chi connectivity index (χ0n) is 17.4. The Morgan fingerprint density at radius 2 is 1.83 bits per heavy atom. The second kappa shape index (κ2) is 8.55. The summed E-state index contributed by atoms with van der Waals surface area (Å²) >= 11 is 0. The highest BCUT2D eigenvalue weighted by molar-refractivity contribution is 7.89. The molecule has 2 aromatic rings. The molecule has 0 aromatic heterocycles. The molecular formula is C22H28N2O4S. The van der Waals surface area contributed by atoms with Crippen molar-refractivity contribution in [3.05, 3.63) is 58.7 Å². The van der Waals surface area contributed by atoms with Crippen LogP contribution in [0.3, 0.4) is 0 Å². The van der Waals surface area contributed by atoms with E-state index in [0.717, 1.165) is 11.1 Å². The van der Waals surface area contributed by atoms with Gasteiger partial charge in [-0.1, -0.05) is 35.9 Å². The zero-order valence-corrected chi connectivity index (χ0v) is 18.2. The number of methoxy groups -OCH3 is 1. The standard InChI is InChI=1S/C22H28N2O4S/c1-15-12-16(2)21(17(3)13-15)29(26,27)24-11-7-9-19(24)22(25)23-14-18-8-5-6-10-20(18)28-4/h5-6,8,10,12-13,19H,7,9,11,14H2,1-4H3,(H,23,25). The lowest BCUT2D eigenvalue weighted by Crippen LogP contribution is -2.46. The van der Waals surface area contributed by atoms with E-state index in [1.165, 1.54) is 4.31 Å². The molecule has 1 unspecified atom stereocenters. The number of carbonyl (C=O) groups is 1. The molecule has 29 heavy (non-hydrogen) atoms. The lowest BCUT2D eigenvalue weighted by molar-refractivity contribution is -0.124. The number of benzene rings is 2. The van der Waals surface area contributed by atoms with Gasteiger partial charge in [-0.2, -0.15) is 4.31 Å². The Balaban J connectivity index is 1.81. The number of amides is 1. The van der Waals surface area contributed by atoms with Gasteiger partial charge < -0.3 is 10.1 Å². The molecule has 1 aliphatic rings. The van der Waals surface area contributed by atoms with Crippen LogP contribution in [0.4, 0.5) is 0 Å². The van der Waals surface area contributed by atoms with Crippen LogP contribution in [0.15, 0.2) is 41.3 Å². The molecule has 1 fully saturated rings. The van der Waals surface area contributed by atoms with Crippen LogP contribution in [0.5, 0.6) is 5.75 Å². The molecule has 1 aliphatic heterocycles. The van der Waals surface area contributed by atoms with E-state index in [-0.39, 0.29) is 12.5 Å². The minimum atomic E-state index is -3.76. The van der Waals surface area contributed by atoms with Gasteiger partial charge in [0.05, 0.1) is 12.0 Å². The number of nitrogens with one attached hydrogen (secondary N) is 1. The van der Waals surface area contributed by atoms with E-state index in [9.17, 15) is 13.2 Å². The van der Waals surface area contributed by atoms with Crippen molar-refractivity contribution in [3.8, 4) is 5.75 Å². The topological polar surface area (TPSA) is 75.7 Å². The van der Waals surface area contributed by atoms with Gasteiger partial charge in [0.2, 0.25) is 15.9 Å². The summed E-state index contributed by atoms with van der Waals surface area (Å²) in [7, 11) is -2.18. The van der Waals surface area contributed by atoms with Crippen LogP contribution in [0.25, 0.3) is 0 Å². The molecule has 6 nitrogen and oxygen atoms in total. The van der Waals surface area contributed by atoms with Crippen molar-refractivity contribution >= 4 is 15.9 Å². The Labute approximate surface area is 172 Å². The molecule has 1 N–H and O–H groups in total. The minimum Gasteiger partial charge on any atom is -0.496 e. The molecule has 1 amide bonds. The molecule has 7 heteroatoms. The van der Waals surface area contributed by atoms with Crippen LogP contribution < -0.4 is 10.1 Å². The summed E-state index contributed by atoms with van der Waals surface area (Å²) in [6, 6.07) is 10.5. The summed E-state index contributed by atoms with van der Waals surface area (Å²) in [5.74, 6) is 0.411. The van der Waals surface area contributed by atoms with Gasteiger partial charge in [0.15, 0.2) is 0 Å². The number of sulfonamides is 1. The quantitative estimate of drug-likeness (QED) is 0.785. The van der Waals surface area contributed by atoms with Crippen molar-refractivity contribution in [2.45, 2.75) is 51.1 Å². The van der Waals surface area contributed by atoms with Crippen LogP contribution >= 0.6 is 0 Å². The molecule has 0 spiro atoms. The maximum absolute atomic E-state index is 13.4. The largest absolute Gasteiger partial charge is 0.496 e. The Kier molecular flexibility index (Phi) is 6.29. The van der Waals surface area contributed by atoms with Gasteiger partial charge in [-0.3, -0.25) is 4.79 Å². The Morgan fingerprint density at radius 3 is 2.48 bits per heavy atom. The fraction of sp³-hybridized carbons (Fsp3) is 0.409. The van der Waals surface area contributed by atoms with E-state index >= 15 is 0 Å². The van der Waals surface area contributed by atoms with Gasteiger partial charge in [-0.25, -0.2) is 8.42 Å². The van der Waals surface area contributed by atoms with E-state index in [4.69, 9.17) is 4.74 Å². The lowest BCUT2D eigenvalue weighted by atomic mass is 10.1. The molecular weight excluding hydrogens is 388 g/mol. The predicted octanol–water partition coefficient (Wildman–Crippen LogP) is 3.09. The van der Waals surface area contributed by atoms with Gasteiger partial charge in [0.1, 0.15) is 11.8 Å². The van der Waals surface area contributed by atoms with Crippen LogP contribution in [0, 0.1) is 20.8 Å². The van der Waals surface area contributed by atoms with Gasteiger partial charge >= 0.3 is 0 Å². The van der Waals surface area contributed by atoms with Crippen molar-refractivity contribution in [2.75, 3.05) is 13.7 Å². The normalized spacial score (nSPS) is 17.3. The van der Waals surface area contributed by atoms with E-state index < -0.39 is 16.1 Å². The van der Waals surface area contributed by atoms with E-state index in [2.05, 4.69) is 5.32 Å². The van der Waals surface area contributed by atoms with Gasteiger partial charge in [-0.05, 0) is 50.8 Å². The highest BCUT2D eigenvalue weighted by Crippen LogP contribution is 2.31. The first-order valence-corrected chi connectivity index (χ1v) is 11.2.